The average molecular weight is 284 g/mol. The highest BCUT2D eigenvalue weighted by Gasteiger charge is 2.26. The number of thiophene rings is 1. The van der Waals surface area contributed by atoms with Crippen molar-refractivity contribution < 1.29 is 14.3 Å². The van der Waals surface area contributed by atoms with Crippen molar-refractivity contribution in [2.75, 3.05) is 40.0 Å². The molecule has 0 radical (unpaired) electrons. The number of methoxy groups -OCH3 is 1. The second kappa shape index (κ2) is 7.59. The quantitative estimate of drug-likeness (QED) is 0.836. The summed E-state index contributed by atoms with van der Waals surface area (Å²) in [4.78, 5) is 15.4. The molecule has 1 aromatic heterocycles. The molecule has 1 N–H and O–H groups in total. The van der Waals surface area contributed by atoms with Crippen LogP contribution in [0.3, 0.4) is 0 Å². The minimum atomic E-state index is -0.370. The van der Waals surface area contributed by atoms with Gasteiger partial charge < -0.3 is 19.7 Å². The SMILES string of the molecule is COCCN(Cc1cccs1)C(=O)C1CNCCO1. The summed E-state index contributed by atoms with van der Waals surface area (Å²) in [6.45, 7) is 3.75. The summed E-state index contributed by atoms with van der Waals surface area (Å²) in [5, 5.41) is 5.21. The molecule has 6 heteroatoms. The standard InChI is InChI=1S/C13H20N2O3S/c1-17-7-5-15(10-11-3-2-8-19-11)13(16)12-9-14-4-6-18-12/h2-3,8,12,14H,4-7,9-10H2,1H3. The Bertz CT molecular complexity index is 377. The largest absolute Gasteiger partial charge is 0.383 e. The zero-order chi connectivity index (χ0) is 13.5. The molecular formula is C13H20N2O3S. The normalized spacial score (nSPS) is 19.3. The molecule has 0 bridgehead atoms. The Morgan fingerprint density at radius 3 is 3.21 bits per heavy atom. The number of morpholine rings is 1. The summed E-state index contributed by atoms with van der Waals surface area (Å²) in [7, 11) is 1.65. The summed E-state index contributed by atoms with van der Waals surface area (Å²) in [5.41, 5.74) is 0. The molecular weight excluding hydrogens is 264 g/mol. The van der Waals surface area contributed by atoms with Gasteiger partial charge in [-0.1, -0.05) is 6.07 Å². The summed E-state index contributed by atoms with van der Waals surface area (Å²) in [6, 6.07) is 4.04. The molecule has 1 aliphatic heterocycles. The number of hydrogen-bond acceptors (Lipinski definition) is 5. The van der Waals surface area contributed by atoms with E-state index in [1.807, 2.05) is 22.4 Å². The van der Waals surface area contributed by atoms with E-state index in [2.05, 4.69) is 5.32 Å². The number of hydrogen-bond donors (Lipinski definition) is 1. The molecule has 1 atom stereocenters. The molecule has 1 saturated heterocycles. The van der Waals surface area contributed by atoms with E-state index in [9.17, 15) is 4.79 Å². The summed E-state index contributed by atoms with van der Waals surface area (Å²) in [6.07, 6.45) is -0.370. The number of rotatable bonds is 6. The van der Waals surface area contributed by atoms with Gasteiger partial charge in [-0.05, 0) is 11.4 Å². The summed E-state index contributed by atoms with van der Waals surface area (Å²) < 4.78 is 10.6. The molecule has 0 saturated carbocycles. The van der Waals surface area contributed by atoms with E-state index in [0.29, 0.717) is 32.8 Å². The topological polar surface area (TPSA) is 50.8 Å². The maximum absolute atomic E-state index is 12.4. The van der Waals surface area contributed by atoms with Crippen molar-refractivity contribution in [2.45, 2.75) is 12.6 Å². The van der Waals surface area contributed by atoms with E-state index in [1.165, 1.54) is 4.88 Å². The lowest BCUT2D eigenvalue weighted by Gasteiger charge is -2.29. The molecule has 19 heavy (non-hydrogen) atoms. The van der Waals surface area contributed by atoms with Gasteiger partial charge in [0.2, 0.25) is 0 Å². The van der Waals surface area contributed by atoms with Crippen LogP contribution in [0.25, 0.3) is 0 Å². The van der Waals surface area contributed by atoms with E-state index in [-0.39, 0.29) is 12.0 Å². The molecule has 2 heterocycles. The first-order valence-corrected chi connectivity index (χ1v) is 7.31. The van der Waals surface area contributed by atoms with E-state index < -0.39 is 0 Å². The van der Waals surface area contributed by atoms with Gasteiger partial charge in [0.25, 0.3) is 5.91 Å². The minimum Gasteiger partial charge on any atom is -0.383 e. The number of carbonyl (C=O) groups is 1. The highest BCUT2D eigenvalue weighted by atomic mass is 32.1. The van der Waals surface area contributed by atoms with Crippen molar-refractivity contribution in [1.29, 1.82) is 0 Å². The predicted octanol–water partition coefficient (Wildman–Crippen LogP) is 0.712. The van der Waals surface area contributed by atoms with Gasteiger partial charge in [0.1, 0.15) is 6.10 Å². The minimum absolute atomic E-state index is 0.0395. The molecule has 5 nitrogen and oxygen atoms in total. The van der Waals surface area contributed by atoms with Crippen molar-refractivity contribution in [3.05, 3.63) is 22.4 Å². The highest BCUT2D eigenvalue weighted by Crippen LogP contribution is 2.13. The van der Waals surface area contributed by atoms with Crippen molar-refractivity contribution in [2.24, 2.45) is 0 Å². The molecule has 1 amide bonds. The lowest BCUT2D eigenvalue weighted by molar-refractivity contribution is -0.146. The lowest BCUT2D eigenvalue weighted by atomic mass is 10.2. The molecule has 0 aromatic carbocycles. The van der Waals surface area contributed by atoms with Crippen LogP contribution in [0.1, 0.15) is 4.88 Å². The van der Waals surface area contributed by atoms with E-state index >= 15 is 0 Å². The fraction of sp³-hybridized carbons (Fsp3) is 0.615. The van der Waals surface area contributed by atoms with Gasteiger partial charge in [-0.2, -0.15) is 0 Å². The molecule has 2 rings (SSSR count). The van der Waals surface area contributed by atoms with E-state index in [4.69, 9.17) is 9.47 Å². The molecule has 0 spiro atoms. The van der Waals surface area contributed by atoms with Crippen LogP contribution in [0.15, 0.2) is 17.5 Å². The van der Waals surface area contributed by atoms with Crippen molar-refractivity contribution in [1.82, 2.24) is 10.2 Å². The van der Waals surface area contributed by atoms with Crippen molar-refractivity contribution in [3.8, 4) is 0 Å². The zero-order valence-electron chi connectivity index (χ0n) is 11.1. The Kier molecular flexibility index (Phi) is 5.78. The second-order valence-corrected chi connectivity index (χ2v) is 5.43. The average Bonchev–Trinajstić information content (AvgIpc) is 2.96. The Labute approximate surface area is 117 Å². The van der Waals surface area contributed by atoms with Crippen LogP contribution in [0.5, 0.6) is 0 Å². The van der Waals surface area contributed by atoms with Gasteiger partial charge in [0, 0.05) is 31.6 Å². The van der Waals surface area contributed by atoms with Gasteiger partial charge in [0.05, 0.1) is 19.8 Å². The summed E-state index contributed by atoms with van der Waals surface area (Å²) in [5.74, 6) is 0.0395. The van der Waals surface area contributed by atoms with Crippen molar-refractivity contribution >= 4 is 17.2 Å². The molecule has 1 aliphatic rings. The first-order valence-electron chi connectivity index (χ1n) is 6.43. The van der Waals surface area contributed by atoms with Crippen molar-refractivity contribution in [3.63, 3.8) is 0 Å². The molecule has 1 aromatic rings. The highest BCUT2D eigenvalue weighted by molar-refractivity contribution is 7.09. The third kappa shape index (κ3) is 4.28. The lowest BCUT2D eigenvalue weighted by Crippen LogP contribution is -2.49. The van der Waals surface area contributed by atoms with Gasteiger partial charge in [-0.3, -0.25) is 4.79 Å². The Morgan fingerprint density at radius 1 is 1.68 bits per heavy atom. The number of ether oxygens (including phenoxy) is 2. The van der Waals surface area contributed by atoms with Gasteiger partial charge in [0.15, 0.2) is 0 Å². The van der Waals surface area contributed by atoms with Gasteiger partial charge >= 0.3 is 0 Å². The first kappa shape index (κ1) is 14.5. The zero-order valence-corrected chi connectivity index (χ0v) is 11.9. The Hall–Kier alpha value is -0.950. The first-order chi connectivity index (χ1) is 9.31. The van der Waals surface area contributed by atoms with Crippen LogP contribution >= 0.6 is 11.3 Å². The third-order valence-electron chi connectivity index (χ3n) is 3.01. The maximum atomic E-state index is 12.4. The van der Waals surface area contributed by atoms with Crippen LogP contribution in [0.2, 0.25) is 0 Å². The smallest absolute Gasteiger partial charge is 0.253 e. The molecule has 1 unspecified atom stereocenters. The monoisotopic (exact) mass is 284 g/mol. The van der Waals surface area contributed by atoms with Crippen LogP contribution in [0, 0.1) is 0 Å². The van der Waals surface area contributed by atoms with E-state index in [0.717, 1.165) is 6.54 Å². The number of amides is 1. The van der Waals surface area contributed by atoms with Crippen LogP contribution in [-0.2, 0) is 20.8 Å². The second-order valence-electron chi connectivity index (χ2n) is 4.40. The number of nitrogens with zero attached hydrogens (tertiary/aromatic N) is 1. The van der Waals surface area contributed by atoms with Gasteiger partial charge in [-0.25, -0.2) is 0 Å². The van der Waals surface area contributed by atoms with Crippen LogP contribution in [0.4, 0.5) is 0 Å². The Balaban J connectivity index is 1.96. The Morgan fingerprint density at radius 2 is 2.58 bits per heavy atom. The predicted molar refractivity (Wildman–Crippen MR) is 74.2 cm³/mol. The van der Waals surface area contributed by atoms with Crippen LogP contribution < -0.4 is 5.32 Å². The molecule has 0 aliphatic carbocycles. The molecule has 1 fully saturated rings. The number of carbonyl (C=O) groups excluding carboxylic acids is 1. The van der Waals surface area contributed by atoms with Crippen LogP contribution in [-0.4, -0.2) is 56.9 Å². The van der Waals surface area contributed by atoms with Gasteiger partial charge in [-0.15, -0.1) is 11.3 Å². The number of nitrogens with one attached hydrogen (secondary N) is 1. The molecule has 106 valence electrons. The maximum Gasteiger partial charge on any atom is 0.253 e. The fourth-order valence-electron chi connectivity index (χ4n) is 1.99. The fourth-order valence-corrected chi connectivity index (χ4v) is 2.71. The summed E-state index contributed by atoms with van der Waals surface area (Å²) >= 11 is 1.66. The van der Waals surface area contributed by atoms with E-state index in [1.54, 1.807) is 18.4 Å². The third-order valence-corrected chi connectivity index (χ3v) is 3.87.